The van der Waals surface area contributed by atoms with Gasteiger partial charge in [0.25, 0.3) is 0 Å². The van der Waals surface area contributed by atoms with Crippen molar-refractivity contribution in [2.45, 2.75) is 43.8 Å². The number of anilines is 1. The number of rotatable bonds is 7. The van der Waals surface area contributed by atoms with Crippen molar-refractivity contribution in [2.24, 2.45) is 0 Å². The number of nitrogens with two attached hydrogens (primary N) is 1. The van der Waals surface area contributed by atoms with E-state index in [0.29, 0.717) is 10.7 Å². The van der Waals surface area contributed by atoms with Crippen molar-refractivity contribution in [3.8, 4) is 23.0 Å². The van der Waals surface area contributed by atoms with Crippen molar-refractivity contribution < 1.29 is 40.3 Å². The zero-order valence-corrected chi connectivity index (χ0v) is 25.4. The number of nitrogens with zero attached hydrogens (tertiary/aromatic N) is 3. The van der Waals surface area contributed by atoms with E-state index in [1.807, 2.05) is 0 Å². The zero-order chi connectivity index (χ0) is 33.5. The van der Waals surface area contributed by atoms with Crippen LogP contribution in [0.3, 0.4) is 0 Å². The van der Waals surface area contributed by atoms with Crippen molar-refractivity contribution in [2.75, 3.05) is 12.0 Å². The Morgan fingerprint density at radius 3 is 2.31 bits per heavy atom. The topological polar surface area (TPSA) is 140 Å². The van der Waals surface area contributed by atoms with Gasteiger partial charge in [0.2, 0.25) is 0 Å². The molecular weight excluding hydrogens is 645 g/mol. The molecule has 0 spiro atoms. The molecule has 0 saturated carbocycles. The van der Waals surface area contributed by atoms with Crippen LogP contribution < -0.4 is 11.1 Å². The molecule has 2 heterocycles. The van der Waals surface area contributed by atoms with Gasteiger partial charge in [-0.25, -0.2) is 27.0 Å². The van der Waals surface area contributed by atoms with Gasteiger partial charge in [0, 0.05) is 23.4 Å². The van der Waals surface area contributed by atoms with E-state index in [0.717, 1.165) is 18.4 Å². The molecule has 1 unspecified atom stereocenters. The second-order valence-electron chi connectivity index (χ2n) is 10.6. The first-order valence-corrected chi connectivity index (χ1v) is 15.2. The number of sulfone groups is 1. The smallest absolute Gasteiger partial charge is 0.408 e. The number of hydrogen-bond acceptors (Lipinski definition) is 6. The lowest BCUT2D eigenvalue weighted by molar-refractivity contribution is -0.141. The predicted octanol–water partition coefficient (Wildman–Crippen LogP) is 5.90. The van der Waals surface area contributed by atoms with Gasteiger partial charge in [0.1, 0.15) is 28.6 Å². The first-order valence-electron chi connectivity index (χ1n) is 13.0. The molecule has 1 atom stereocenters. The third kappa shape index (κ3) is 7.63. The predicted molar refractivity (Wildman–Crippen MR) is 158 cm³/mol. The number of carbonyl (C=O) groups is 1. The number of benzene rings is 2. The van der Waals surface area contributed by atoms with E-state index in [9.17, 15) is 40.3 Å². The van der Waals surface area contributed by atoms with Crippen molar-refractivity contribution in [3.63, 3.8) is 0 Å². The molecule has 4 N–H and O–H groups in total. The van der Waals surface area contributed by atoms with Gasteiger partial charge < -0.3 is 16.2 Å². The number of halogens is 6. The fourth-order valence-corrected chi connectivity index (χ4v) is 4.97. The third-order valence-electron chi connectivity index (χ3n) is 6.82. The molecular formula is C29H25ClF5N5O4S. The highest BCUT2D eigenvalue weighted by atomic mass is 35.5. The van der Waals surface area contributed by atoms with Gasteiger partial charge in [0.05, 0.1) is 27.7 Å². The SMILES string of the molecule is CC(C)(C#Cc1ccc(-c2ccc(Cl)c3c(N)nn(CC(F)(F)F)c23)c(C(Cc2cc(F)cc(F)c2)NC(=O)O)n1)S(C)(=O)=O. The zero-order valence-electron chi connectivity index (χ0n) is 23.8. The number of carboxylic acid groups (broad SMARTS) is 1. The molecule has 1 amide bonds. The molecule has 0 saturated heterocycles. The summed E-state index contributed by atoms with van der Waals surface area (Å²) in [6.07, 6.45) is -5.62. The number of alkyl halides is 3. The maximum atomic E-state index is 14.1. The van der Waals surface area contributed by atoms with Crippen LogP contribution >= 0.6 is 11.6 Å². The number of aromatic nitrogens is 3. The van der Waals surface area contributed by atoms with E-state index >= 15 is 0 Å². The maximum absolute atomic E-state index is 14.1. The van der Waals surface area contributed by atoms with Crippen LogP contribution in [0.1, 0.15) is 36.8 Å². The number of amides is 1. The van der Waals surface area contributed by atoms with E-state index in [4.69, 9.17) is 17.3 Å². The van der Waals surface area contributed by atoms with Gasteiger partial charge in [-0.1, -0.05) is 23.6 Å². The molecule has 2 aromatic heterocycles. The number of hydrogen-bond donors (Lipinski definition) is 3. The van der Waals surface area contributed by atoms with Crippen molar-refractivity contribution in [1.29, 1.82) is 0 Å². The molecule has 16 heteroatoms. The summed E-state index contributed by atoms with van der Waals surface area (Å²) in [5.74, 6) is 3.11. The normalized spacial score (nSPS) is 12.9. The van der Waals surface area contributed by atoms with Gasteiger partial charge in [-0.3, -0.25) is 4.68 Å². The van der Waals surface area contributed by atoms with Gasteiger partial charge in [-0.15, -0.1) is 0 Å². The van der Waals surface area contributed by atoms with Crippen LogP contribution in [0.25, 0.3) is 22.0 Å². The highest BCUT2D eigenvalue weighted by Gasteiger charge is 2.32. The Balaban J connectivity index is 2.04. The molecule has 4 rings (SSSR count). The lowest BCUT2D eigenvalue weighted by Crippen LogP contribution is -2.30. The fraction of sp³-hybridized carbons (Fsp3) is 0.276. The van der Waals surface area contributed by atoms with Gasteiger partial charge in [-0.2, -0.15) is 18.3 Å². The van der Waals surface area contributed by atoms with E-state index in [-0.39, 0.29) is 56.2 Å². The molecule has 0 bridgehead atoms. The molecule has 238 valence electrons. The maximum Gasteiger partial charge on any atom is 0.408 e. The second kappa shape index (κ2) is 12.2. The van der Waals surface area contributed by atoms with E-state index < -0.39 is 51.1 Å². The number of pyridine rings is 1. The largest absolute Gasteiger partial charge is 0.465 e. The molecule has 0 aliphatic rings. The standard InChI is InChI=1S/C29H25ClF5N5O4S/c1-28(2,45(3,43)44)9-8-18-4-5-19(20-6-7-21(30)23-25(20)40(39-26(23)36)14-29(33,34)35)24(37-18)22(38-27(41)42)12-15-10-16(31)13-17(32)11-15/h4-7,10-11,13,22,38H,12,14H2,1-3H3,(H2,36,39)(H,41,42). The molecule has 0 fully saturated rings. The summed E-state index contributed by atoms with van der Waals surface area (Å²) >= 11 is 6.30. The van der Waals surface area contributed by atoms with Gasteiger partial charge in [-0.05, 0) is 62.1 Å². The average molecular weight is 670 g/mol. The second-order valence-corrected chi connectivity index (χ2v) is 13.6. The quantitative estimate of drug-likeness (QED) is 0.164. The van der Waals surface area contributed by atoms with Gasteiger partial charge >= 0.3 is 12.3 Å². The molecule has 0 aliphatic heterocycles. The fourth-order valence-electron chi connectivity index (χ4n) is 4.48. The summed E-state index contributed by atoms with van der Waals surface area (Å²) in [6, 6.07) is 6.74. The van der Waals surface area contributed by atoms with Crippen molar-refractivity contribution in [3.05, 3.63) is 76.1 Å². The summed E-state index contributed by atoms with van der Waals surface area (Å²) in [4.78, 5) is 16.4. The van der Waals surface area contributed by atoms with Crippen LogP contribution in [0, 0.1) is 23.5 Å². The number of fused-ring (bicyclic) bond motifs is 1. The Bertz CT molecular complexity index is 1960. The number of nitrogens with one attached hydrogen (secondary N) is 1. The van der Waals surface area contributed by atoms with Crippen molar-refractivity contribution in [1.82, 2.24) is 20.1 Å². The van der Waals surface area contributed by atoms with Crippen LogP contribution in [-0.4, -0.2) is 51.6 Å². The van der Waals surface area contributed by atoms with Crippen molar-refractivity contribution >= 4 is 44.3 Å². The monoisotopic (exact) mass is 669 g/mol. The minimum absolute atomic E-state index is 0.00178. The Morgan fingerprint density at radius 2 is 1.73 bits per heavy atom. The molecule has 9 nitrogen and oxygen atoms in total. The van der Waals surface area contributed by atoms with Crippen LogP contribution in [0.2, 0.25) is 5.02 Å². The Kier molecular flexibility index (Phi) is 9.05. The molecule has 0 aliphatic carbocycles. The van der Waals surface area contributed by atoms with E-state index in [1.54, 1.807) is 0 Å². The summed E-state index contributed by atoms with van der Waals surface area (Å²) in [5, 5.41) is 15.8. The molecule has 4 aromatic rings. The summed E-state index contributed by atoms with van der Waals surface area (Å²) in [7, 11) is -3.65. The summed E-state index contributed by atoms with van der Waals surface area (Å²) in [5.41, 5.74) is 5.87. The Labute approximate surface area is 259 Å². The third-order valence-corrected chi connectivity index (χ3v) is 9.09. The highest BCUT2D eigenvalue weighted by Crippen LogP contribution is 2.40. The molecule has 0 radical (unpaired) electrons. The lowest BCUT2D eigenvalue weighted by Gasteiger charge is -2.21. The average Bonchev–Trinajstić information content (AvgIpc) is 3.21. The van der Waals surface area contributed by atoms with Gasteiger partial charge in [0.15, 0.2) is 15.7 Å². The molecule has 45 heavy (non-hydrogen) atoms. The molecule has 2 aromatic carbocycles. The Hall–Kier alpha value is -4.42. The Morgan fingerprint density at radius 1 is 1.11 bits per heavy atom. The highest BCUT2D eigenvalue weighted by molar-refractivity contribution is 7.92. The van der Waals surface area contributed by atoms with E-state index in [2.05, 4.69) is 27.2 Å². The first-order chi connectivity index (χ1) is 20.8. The number of nitrogen functional groups attached to an aromatic ring is 1. The van der Waals surface area contributed by atoms with Crippen LogP contribution in [0.4, 0.5) is 32.6 Å². The van der Waals surface area contributed by atoms with E-state index in [1.165, 1.54) is 38.1 Å². The van der Waals surface area contributed by atoms with Crippen LogP contribution in [0.15, 0.2) is 42.5 Å². The minimum Gasteiger partial charge on any atom is -0.465 e. The lowest BCUT2D eigenvalue weighted by atomic mass is 9.94. The van der Waals surface area contributed by atoms with Crippen LogP contribution in [0.5, 0.6) is 0 Å². The summed E-state index contributed by atoms with van der Waals surface area (Å²) < 4.78 is 92.3. The first kappa shape index (κ1) is 33.5. The summed E-state index contributed by atoms with van der Waals surface area (Å²) in [6.45, 7) is 1.20. The van der Waals surface area contributed by atoms with Crippen LogP contribution in [-0.2, 0) is 22.8 Å². The minimum atomic E-state index is -4.72.